The molecule has 0 atom stereocenters. The van der Waals surface area contributed by atoms with E-state index in [1.807, 2.05) is 0 Å². The van der Waals surface area contributed by atoms with Crippen molar-refractivity contribution in [2.24, 2.45) is 0 Å². The van der Waals surface area contributed by atoms with Gasteiger partial charge in [-0.3, -0.25) is 20.2 Å². The van der Waals surface area contributed by atoms with Crippen molar-refractivity contribution in [3.8, 4) is 0 Å². The van der Waals surface area contributed by atoms with Crippen LogP contribution in [0.1, 0.15) is 26.2 Å². The van der Waals surface area contributed by atoms with Gasteiger partial charge in [0.05, 0.1) is 9.85 Å². The first-order valence-corrected chi connectivity index (χ1v) is 6.04. The number of nitro groups is 2. The van der Waals surface area contributed by atoms with Crippen LogP contribution < -0.4 is 5.32 Å². The molecule has 1 N–H and O–H groups in total. The Morgan fingerprint density at radius 2 is 2.00 bits per heavy atom. The van der Waals surface area contributed by atoms with Gasteiger partial charge < -0.3 is 5.32 Å². The van der Waals surface area contributed by atoms with Gasteiger partial charge in [-0.15, -0.1) is 0 Å². The summed E-state index contributed by atoms with van der Waals surface area (Å²) >= 11 is 0.802. The molecule has 0 aliphatic carbocycles. The number of hydrogen-bond donors (Lipinski definition) is 1. The predicted molar refractivity (Wildman–Crippen MR) is 65.6 cm³/mol. The zero-order valence-electron chi connectivity index (χ0n) is 9.34. The molecule has 1 aromatic heterocycles. The van der Waals surface area contributed by atoms with Crippen molar-refractivity contribution in [3.05, 3.63) is 26.3 Å². The van der Waals surface area contributed by atoms with Crippen LogP contribution in [0.2, 0.25) is 0 Å². The van der Waals surface area contributed by atoms with Crippen LogP contribution in [0.4, 0.5) is 15.7 Å². The quantitative estimate of drug-likeness (QED) is 0.460. The molecule has 0 bridgehead atoms. The van der Waals surface area contributed by atoms with Gasteiger partial charge >= 0.3 is 10.7 Å². The van der Waals surface area contributed by atoms with Crippen molar-refractivity contribution in [1.82, 2.24) is 0 Å². The van der Waals surface area contributed by atoms with Gasteiger partial charge in [-0.2, -0.15) is 0 Å². The molecule has 0 radical (unpaired) electrons. The zero-order valence-corrected chi connectivity index (χ0v) is 10.2. The first-order valence-electron chi connectivity index (χ1n) is 5.22. The van der Waals surface area contributed by atoms with Crippen LogP contribution >= 0.6 is 11.3 Å². The second-order valence-electron chi connectivity index (χ2n) is 3.45. The highest BCUT2D eigenvalue weighted by molar-refractivity contribution is 7.19. The first kappa shape index (κ1) is 13.4. The van der Waals surface area contributed by atoms with Gasteiger partial charge in [0.25, 0.3) is 0 Å². The first-order chi connectivity index (χ1) is 8.06. The number of nitrogens with one attached hydrogen (secondary N) is 1. The molecule has 0 saturated carbocycles. The SMILES string of the molecule is CCCCCNc1sc([N+](=O)[O-])cc1[N+](=O)[O-]. The summed E-state index contributed by atoms with van der Waals surface area (Å²) in [6.07, 6.45) is 2.96. The second-order valence-corrected chi connectivity index (χ2v) is 4.48. The third kappa shape index (κ3) is 3.66. The third-order valence-corrected chi connectivity index (χ3v) is 3.18. The number of thiophene rings is 1. The molecule has 94 valence electrons. The molecule has 0 unspecified atom stereocenters. The number of nitrogens with zero attached hydrogens (tertiary/aromatic N) is 2. The maximum absolute atomic E-state index is 10.7. The summed E-state index contributed by atoms with van der Waals surface area (Å²) in [5.74, 6) is 0. The maximum Gasteiger partial charge on any atom is 0.333 e. The minimum absolute atomic E-state index is 0.213. The molecule has 0 spiro atoms. The van der Waals surface area contributed by atoms with Gasteiger partial charge in [0.15, 0.2) is 5.00 Å². The Morgan fingerprint density at radius 3 is 2.53 bits per heavy atom. The van der Waals surface area contributed by atoms with Gasteiger partial charge in [0, 0.05) is 6.54 Å². The van der Waals surface area contributed by atoms with E-state index in [1.165, 1.54) is 0 Å². The minimum atomic E-state index is -0.616. The van der Waals surface area contributed by atoms with Crippen LogP contribution in [-0.2, 0) is 0 Å². The number of anilines is 1. The predicted octanol–water partition coefficient (Wildman–Crippen LogP) is 3.17. The molecule has 0 saturated heterocycles. The summed E-state index contributed by atoms with van der Waals surface area (Å²) in [7, 11) is 0. The Labute approximate surface area is 102 Å². The van der Waals surface area contributed by atoms with Crippen LogP contribution in [0.25, 0.3) is 0 Å². The molecule has 7 nitrogen and oxygen atoms in total. The number of rotatable bonds is 7. The summed E-state index contributed by atoms with van der Waals surface area (Å²) in [5, 5.41) is 24.2. The Morgan fingerprint density at radius 1 is 1.29 bits per heavy atom. The molecule has 1 rings (SSSR count). The molecule has 1 aromatic rings. The Balaban J connectivity index is 2.74. The van der Waals surface area contributed by atoms with E-state index in [-0.39, 0.29) is 15.7 Å². The van der Waals surface area contributed by atoms with Crippen molar-refractivity contribution in [1.29, 1.82) is 0 Å². The molecular weight excluding hydrogens is 246 g/mol. The number of unbranched alkanes of at least 4 members (excludes halogenated alkanes) is 2. The molecule has 0 aliphatic rings. The topological polar surface area (TPSA) is 98.3 Å². The lowest BCUT2D eigenvalue weighted by Crippen LogP contribution is -2.01. The highest BCUT2D eigenvalue weighted by Gasteiger charge is 2.24. The number of hydrogen-bond acceptors (Lipinski definition) is 6. The molecule has 17 heavy (non-hydrogen) atoms. The van der Waals surface area contributed by atoms with Gasteiger partial charge in [0.2, 0.25) is 0 Å². The zero-order chi connectivity index (χ0) is 12.8. The lowest BCUT2D eigenvalue weighted by molar-refractivity contribution is -0.389. The van der Waals surface area contributed by atoms with Crippen LogP contribution in [0.15, 0.2) is 6.07 Å². The average Bonchev–Trinajstić information content (AvgIpc) is 2.68. The largest absolute Gasteiger partial charge is 0.371 e. The summed E-state index contributed by atoms with van der Waals surface area (Å²) in [5.41, 5.74) is -0.224. The van der Waals surface area contributed by atoms with E-state index >= 15 is 0 Å². The van der Waals surface area contributed by atoms with E-state index in [0.717, 1.165) is 36.7 Å². The molecule has 1 heterocycles. The summed E-state index contributed by atoms with van der Waals surface area (Å²) in [4.78, 5) is 20.0. The van der Waals surface area contributed by atoms with Crippen LogP contribution in [0.3, 0.4) is 0 Å². The third-order valence-electron chi connectivity index (χ3n) is 2.14. The fraction of sp³-hybridized carbons (Fsp3) is 0.556. The highest BCUT2D eigenvalue weighted by Crippen LogP contribution is 2.38. The van der Waals surface area contributed by atoms with E-state index in [4.69, 9.17) is 0 Å². The standard InChI is InChI=1S/C9H13N3O4S/c1-2-3-4-5-10-9-7(11(13)14)6-8(17-9)12(15)16/h6,10H,2-5H2,1H3. The molecule has 0 aromatic carbocycles. The fourth-order valence-electron chi connectivity index (χ4n) is 1.30. The van der Waals surface area contributed by atoms with Crippen LogP contribution in [0.5, 0.6) is 0 Å². The molecule has 0 amide bonds. The fourth-order valence-corrected chi connectivity index (χ4v) is 2.16. The minimum Gasteiger partial charge on any atom is -0.371 e. The van der Waals surface area contributed by atoms with Crippen molar-refractivity contribution in [3.63, 3.8) is 0 Å². The Kier molecular flexibility index (Phi) is 4.83. The molecule has 0 aliphatic heterocycles. The molecule has 0 fully saturated rings. The lowest BCUT2D eigenvalue weighted by Gasteiger charge is -2.01. The summed E-state index contributed by atoms with van der Waals surface area (Å²) in [6.45, 7) is 2.64. The van der Waals surface area contributed by atoms with E-state index in [9.17, 15) is 20.2 Å². The van der Waals surface area contributed by atoms with Gasteiger partial charge in [-0.05, 0) is 17.8 Å². The van der Waals surface area contributed by atoms with Crippen molar-refractivity contribution in [2.45, 2.75) is 26.2 Å². The van der Waals surface area contributed by atoms with Gasteiger partial charge in [0.1, 0.15) is 6.07 Å². The second kappa shape index (κ2) is 6.14. The highest BCUT2D eigenvalue weighted by atomic mass is 32.1. The van der Waals surface area contributed by atoms with Crippen LogP contribution in [-0.4, -0.2) is 16.4 Å². The Bertz CT molecular complexity index is 418. The maximum atomic E-state index is 10.7. The average molecular weight is 259 g/mol. The van der Waals surface area contributed by atoms with Gasteiger partial charge in [-0.25, -0.2) is 0 Å². The van der Waals surface area contributed by atoms with E-state index < -0.39 is 9.85 Å². The monoisotopic (exact) mass is 259 g/mol. The lowest BCUT2D eigenvalue weighted by atomic mass is 10.2. The normalized spacial score (nSPS) is 10.2. The van der Waals surface area contributed by atoms with Crippen LogP contribution in [0, 0.1) is 20.2 Å². The van der Waals surface area contributed by atoms with E-state index in [2.05, 4.69) is 12.2 Å². The van der Waals surface area contributed by atoms with E-state index in [0.29, 0.717) is 6.54 Å². The van der Waals surface area contributed by atoms with Crippen molar-refractivity contribution >= 4 is 27.0 Å². The molecule has 8 heteroatoms. The van der Waals surface area contributed by atoms with Crippen molar-refractivity contribution in [2.75, 3.05) is 11.9 Å². The van der Waals surface area contributed by atoms with Gasteiger partial charge in [-0.1, -0.05) is 19.8 Å². The summed E-state index contributed by atoms with van der Waals surface area (Å²) < 4.78 is 0. The van der Waals surface area contributed by atoms with E-state index in [1.54, 1.807) is 0 Å². The Hall–Kier alpha value is -1.70. The smallest absolute Gasteiger partial charge is 0.333 e. The summed E-state index contributed by atoms with van der Waals surface area (Å²) in [6, 6.07) is 0.993. The van der Waals surface area contributed by atoms with Crippen molar-refractivity contribution < 1.29 is 9.85 Å². The molecular formula is C9H13N3O4S.